The molecule has 0 fully saturated rings. The first-order valence-corrected chi connectivity index (χ1v) is 4.78. The number of hydrogen-bond donors (Lipinski definition) is 4. The van der Waals surface area contributed by atoms with Crippen molar-refractivity contribution in [1.29, 1.82) is 0 Å². The smallest absolute Gasteiger partial charge is 0.471 e. The molecule has 0 aliphatic heterocycles. The Morgan fingerprint density at radius 1 is 1.28 bits per heavy atom. The number of carbonyl (C=O) groups excluding carboxylic acids is 2. The molecular formula is C8H12F3N3O4. The van der Waals surface area contributed by atoms with Gasteiger partial charge < -0.3 is 21.5 Å². The third-order valence-corrected chi connectivity index (χ3v) is 1.83. The summed E-state index contributed by atoms with van der Waals surface area (Å²) in [5, 5.41) is 12.1. The number of carboxylic acids is 1. The van der Waals surface area contributed by atoms with Crippen LogP contribution < -0.4 is 16.4 Å². The second-order valence-electron chi connectivity index (χ2n) is 3.30. The Kier molecular flexibility index (Phi) is 5.93. The van der Waals surface area contributed by atoms with Crippen LogP contribution in [0.4, 0.5) is 18.0 Å². The number of hydrogen-bond acceptors (Lipinski definition) is 3. The Labute approximate surface area is 99.5 Å². The van der Waals surface area contributed by atoms with Gasteiger partial charge in [0, 0.05) is 6.54 Å². The first-order chi connectivity index (χ1) is 8.14. The lowest BCUT2D eigenvalue weighted by Gasteiger charge is -2.13. The molecule has 0 aromatic rings. The Bertz CT molecular complexity index is 332. The monoisotopic (exact) mass is 271 g/mol. The minimum atomic E-state index is -4.97. The van der Waals surface area contributed by atoms with E-state index in [1.54, 1.807) is 5.32 Å². The summed E-state index contributed by atoms with van der Waals surface area (Å²) in [5.74, 6) is -3.46. The van der Waals surface area contributed by atoms with Gasteiger partial charge in [-0.3, -0.25) is 4.79 Å². The number of urea groups is 1. The van der Waals surface area contributed by atoms with Crippen LogP contribution in [0.2, 0.25) is 0 Å². The third-order valence-electron chi connectivity index (χ3n) is 1.83. The number of carbonyl (C=O) groups is 3. The van der Waals surface area contributed by atoms with Crippen molar-refractivity contribution in [2.75, 3.05) is 6.54 Å². The SMILES string of the molecule is NC(=O)NC(CCCNC(=O)C(F)(F)F)C(=O)O. The Balaban J connectivity index is 3.98. The lowest BCUT2D eigenvalue weighted by molar-refractivity contribution is -0.173. The largest absolute Gasteiger partial charge is 0.480 e. The molecule has 0 aromatic carbocycles. The molecule has 1 atom stereocenters. The van der Waals surface area contributed by atoms with Crippen molar-refractivity contribution in [3.05, 3.63) is 0 Å². The molecule has 10 heteroatoms. The summed E-state index contributed by atoms with van der Waals surface area (Å²) in [7, 11) is 0. The quantitative estimate of drug-likeness (QED) is 0.489. The molecule has 0 aliphatic carbocycles. The van der Waals surface area contributed by atoms with Crippen LogP contribution >= 0.6 is 0 Å². The highest BCUT2D eigenvalue weighted by Gasteiger charge is 2.38. The van der Waals surface area contributed by atoms with Gasteiger partial charge in [-0.15, -0.1) is 0 Å². The minimum absolute atomic E-state index is 0.0565. The molecule has 0 aliphatic rings. The zero-order valence-electron chi connectivity index (χ0n) is 9.08. The van der Waals surface area contributed by atoms with E-state index in [1.807, 2.05) is 5.32 Å². The average Bonchev–Trinajstić information content (AvgIpc) is 2.19. The molecule has 18 heavy (non-hydrogen) atoms. The van der Waals surface area contributed by atoms with E-state index in [-0.39, 0.29) is 19.4 Å². The van der Waals surface area contributed by atoms with E-state index in [9.17, 15) is 27.6 Å². The van der Waals surface area contributed by atoms with E-state index in [0.29, 0.717) is 0 Å². The van der Waals surface area contributed by atoms with Crippen LogP contribution in [-0.2, 0) is 9.59 Å². The van der Waals surface area contributed by atoms with Gasteiger partial charge in [-0.2, -0.15) is 13.2 Å². The zero-order chi connectivity index (χ0) is 14.3. The molecule has 0 rings (SSSR count). The summed E-state index contributed by atoms with van der Waals surface area (Å²) >= 11 is 0. The van der Waals surface area contributed by atoms with Crippen LogP contribution in [0.25, 0.3) is 0 Å². The van der Waals surface area contributed by atoms with Gasteiger partial charge in [-0.05, 0) is 12.8 Å². The molecule has 1 unspecified atom stereocenters. The van der Waals surface area contributed by atoms with Crippen molar-refractivity contribution in [1.82, 2.24) is 10.6 Å². The van der Waals surface area contributed by atoms with Gasteiger partial charge in [-0.25, -0.2) is 9.59 Å². The summed E-state index contributed by atoms with van der Waals surface area (Å²) in [6.07, 6.45) is -5.19. The zero-order valence-corrected chi connectivity index (χ0v) is 9.08. The molecule has 0 bridgehead atoms. The van der Waals surface area contributed by atoms with Crippen LogP contribution in [0.15, 0.2) is 0 Å². The number of halogens is 3. The number of amides is 3. The topological polar surface area (TPSA) is 122 Å². The van der Waals surface area contributed by atoms with E-state index in [1.165, 1.54) is 0 Å². The molecule has 0 saturated carbocycles. The number of carboxylic acid groups (broad SMARTS) is 1. The normalized spacial score (nSPS) is 12.6. The molecule has 5 N–H and O–H groups in total. The van der Waals surface area contributed by atoms with Crippen molar-refractivity contribution < 1.29 is 32.7 Å². The maximum Gasteiger partial charge on any atom is 0.471 e. The van der Waals surface area contributed by atoms with Crippen molar-refractivity contribution >= 4 is 17.9 Å². The molecule has 7 nitrogen and oxygen atoms in total. The third kappa shape index (κ3) is 6.55. The molecule has 0 radical (unpaired) electrons. The van der Waals surface area contributed by atoms with Crippen LogP contribution in [0.5, 0.6) is 0 Å². The van der Waals surface area contributed by atoms with Crippen molar-refractivity contribution in [3.63, 3.8) is 0 Å². The summed E-state index contributed by atoms with van der Waals surface area (Å²) in [5.41, 5.74) is 4.71. The van der Waals surface area contributed by atoms with E-state index in [4.69, 9.17) is 10.8 Å². The number of rotatable bonds is 6. The molecule has 0 aromatic heterocycles. The summed E-state index contributed by atoms with van der Waals surface area (Å²) in [4.78, 5) is 31.4. The molecule has 0 saturated heterocycles. The van der Waals surface area contributed by atoms with Crippen molar-refractivity contribution in [2.24, 2.45) is 5.73 Å². The standard InChI is InChI=1S/C8H12F3N3O4/c9-8(10,11)6(17)13-3-1-2-4(5(15)16)14-7(12)18/h4H,1-3H2,(H,13,17)(H,15,16)(H3,12,14,18). The molecular weight excluding hydrogens is 259 g/mol. The van der Waals surface area contributed by atoms with Crippen molar-refractivity contribution in [3.8, 4) is 0 Å². The second kappa shape index (κ2) is 6.67. The predicted molar refractivity (Wildman–Crippen MR) is 52.4 cm³/mol. The minimum Gasteiger partial charge on any atom is -0.480 e. The van der Waals surface area contributed by atoms with Crippen LogP contribution in [-0.4, -0.2) is 41.8 Å². The van der Waals surface area contributed by atoms with E-state index in [2.05, 4.69) is 0 Å². The summed E-state index contributed by atoms with van der Waals surface area (Å²) in [6, 6.07) is -2.35. The highest BCUT2D eigenvalue weighted by Crippen LogP contribution is 2.13. The van der Waals surface area contributed by atoms with Gasteiger partial charge >= 0.3 is 24.1 Å². The highest BCUT2D eigenvalue weighted by atomic mass is 19.4. The van der Waals surface area contributed by atoms with Crippen LogP contribution in [0, 0.1) is 0 Å². The Morgan fingerprint density at radius 2 is 1.83 bits per heavy atom. The summed E-state index contributed by atoms with van der Waals surface area (Å²) < 4.78 is 35.3. The van der Waals surface area contributed by atoms with E-state index < -0.39 is 30.1 Å². The summed E-state index contributed by atoms with van der Waals surface area (Å²) in [6.45, 7) is -0.359. The van der Waals surface area contributed by atoms with Gasteiger partial charge in [0.25, 0.3) is 0 Å². The number of aliphatic carboxylic acids is 1. The van der Waals surface area contributed by atoms with Gasteiger partial charge in [-0.1, -0.05) is 0 Å². The fourth-order valence-corrected chi connectivity index (χ4v) is 1.04. The first-order valence-electron chi connectivity index (χ1n) is 4.78. The number of nitrogens with two attached hydrogens (primary N) is 1. The highest BCUT2D eigenvalue weighted by molar-refractivity contribution is 5.82. The van der Waals surface area contributed by atoms with E-state index in [0.717, 1.165) is 0 Å². The second-order valence-corrected chi connectivity index (χ2v) is 3.30. The van der Waals surface area contributed by atoms with Crippen molar-refractivity contribution in [2.45, 2.75) is 25.1 Å². The molecule has 0 spiro atoms. The van der Waals surface area contributed by atoms with E-state index >= 15 is 0 Å². The van der Waals surface area contributed by atoms with Crippen LogP contribution in [0.1, 0.15) is 12.8 Å². The maximum absolute atomic E-state index is 11.8. The first kappa shape index (κ1) is 16.0. The number of nitrogens with one attached hydrogen (secondary N) is 2. The molecule has 3 amide bonds. The van der Waals surface area contributed by atoms with Gasteiger partial charge in [0.05, 0.1) is 0 Å². The van der Waals surface area contributed by atoms with Gasteiger partial charge in [0.1, 0.15) is 6.04 Å². The molecule has 0 heterocycles. The fraction of sp³-hybridized carbons (Fsp3) is 0.625. The Morgan fingerprint density at radius 3 is 2.22 bits per heavy atom. The van der Waals surface area contributed by atoms with Crippen LogP contribution in [0.3, 0.4) is 0 Å². The number of primary amides is 1. The molecule has 104 valence electrons. The fourth-order valence-electron chi connectivity index (χ4n) is 1.04. The maximum atomic E-state index is 11.8. The average molecular weight is 271 g/mol. The lowest BCUT2D eigenvalue weighted by Crippen LogP contribution is -2.44. The Hall–Kier alpha value is -2.00. The lowest BCUT2D eigenvalue weighted by atomic mass is 10.1. The number of alkyl halides is 3. The van der Waals surface area contributed by atoms with Gasteiger partial charge in [0.2, 0.25) is 0 Å². The van der Waals surface area contributed by atoms with Gasteiger partial charge in [0.15, 0.2) is 0 Å². The predicted octanol–water partition coefficient (Wildman–Crippen LogP) is -0.433.